The molecule has 1 aromatic heterocycles. The molecule has 94 valence electrons. The van der Waals surface area contributed by atoms with Crippen LogP contribution in [0.5, 0.6) is 0 Å². The van der Waals surface area contributed by atoms with Crippen LogP contribution in [0.15, 0.2) is 0 Å². The summed E-state index contributed by atoms with van der Waals surface area (Å²) in [6.07, 6.45) is -4.66. The van der Waals surface area contributed by atoms with Crippen LogP contribution in [0.4, 0.5) is 13.2 Å². The Labute approximate surface area is 96.6 Å². The van der Waals surface area contributed by atoms with Gasteiger partial charge in [-0.25, -0.2) is 0 Å². The highest BCUT2D eigenvalue weighted by atomic mass is 19.4. The second-order valence-electron chi connectivity index (χ2n) is 4.45. The molecule has 1 unspecified atom stereocenters. The van der Waals surface area contributed by atoms with Crippen molar-refractivity contribution in [2.24, 2.45) is 7.05 Å². The number of rotatable bonds is 1. The van der Waals surface area contributed by atoms with Crippen molar-refractivity contribution >= 4 is 5.78 Å². The van der Waals surface area contributed by atoms with E-state index < -0.39 is 18.5 Å². The lowest BCUT2D eigenvalue weighted by Gasteiger charge is -2.23. The molecule has 1 heterocycles. The predicted octanol–water partition coefficient (Wildman–Crippen LogP) is 2.74. The molecule has 0 aromatic carbocycles. The molecule has 0 spiro atoms. The van der Waals surface area contributed by atoms with Crippen LogP contribution in [0.2, 0.25) is 0 Å². The molecule has 2 rings (SSSR count). The Hall–Kier alpha value is -1.33. The van der Waals surface area contributed by atoms with Crippen molar-refractivity contribution in [3.63, 3.8) is 0 Å². The molecule has 0 radical (unpaired) electrons. The molecule has 1 atom stereocenters. The van der Waals surface area contributed by atoms with Crippen molar-refractivity contribution in [1.82, 2.24) is 9.78 Å². The maximum atomic E-state index is 12.5. The van der Waals surface area contributed by atoms with Crippen molar-refractivity contribution < 1.29 is 18.0 Å². The van der Waals surface area contributed by atoms with E-state index >= 15 is 0 Å². The number of ketones is 1. The third kappa shape index (κ3) is 2.21. The minimum absolute atomic E-state index is 0.0935. The molecule has 0 aliphatic heterocycles. The standard InChI is InChI=1S/C11H13F3N2O/c1-6-9-8(17)4-3-7(5-11(12,13)14)10(9)16(2)15-6/h7H,3-5H2,1-2H3. The van der Waals surface area contributed by atoms with Gasteiger partial charge in [0, 0.05) is 19.4 Å². The third-order valence-electron chi connectivity index (χ3n) is 3.13. The van der Waals surface area contributed by atoms with Crippen LogP contribution in [0.3, 0.4) is 0 Å². The van der Waals surface area contributed by atoms with Crippen LogP contribution in [0.25, 0.3) is 0 Å². The summed E-state index contributed by atoms with van der Waals surface area (Å²) in [5.41, 5.74) is 1.36. The summed E-state index contributed by atoms with van der Waals surface area (Å²) < 4.78 is 38.8. The second-order valence-corrected chi connectivity index (χ2v) is 4.45. The fourth-order valence-electron chi connectivity index (χ4n) is 2.53. The lowest BCUT2D eigenvalue weighted by atomic mass is 9.83. The number of fused-ring (bicyclic) bond motifs is 1. The van der Waals surface area contributed by atoms with Gasteiger partial charge in [0.15, 0.2) is 5.78 Å². The Morgan fingerprint density at radius 3 is 2.71 bits per heavy atom. The van der Waals surface area contributed by atoms with Gasteiger partial charge in [-0.1, -0.05) is 0 Å². The molecule has 0 saturated heterocycles. The molecule has 0 amide bonds. The third-order valence-corrected chi connectivity index (χ3v) is 3.13. The van der Waals surface area contributed by atoms with Gasteiger partial charge in [0.1, 0.15) is 0 Å². The highest BCUT2D eigenvalue weighted by molar-refractivity contribution is 5.99. The minimum atomic E-state index is -4.21. The smallest absolute Gasteiger partial charge is 0.294 e. The van der Waals surface area contributed by atoms with E-state index in [1.807, 2.05) is 0 Å². The Bertz CT molecular complexity index is 462. The topological polar surface area (TPSA) is 34.9 Å². The van der Waals surface area contributed by atoms with Crippen molar-refractivity contribution in [2.75, 3.05) is 0 Å². The van der Waals surface area contributed by atoms with Gasteiger partial charge in [-0.15, -0.1) is 0 Å². The Morgan fingerprint density at radius 2 is 2.12 bits per heavy atom. The summed E-state index contributed by atoms with van der Waals surface area (Å²) in [5.74, 6) is -0.738. The van der Waals surface area contributed by atoms with Gasteiger partial charge < -0.3 is 0 Å². The van der Waals surface area contributed by atoms with E-state index in [2.05, 4.69) is 5.10 Å². The van der Waals surface area contributed by atoms with Crippen molar-refractivity contribution in [2.45, 2.75) is 38.3 Å². The van der Waals surface area contributed by atoms with Gasteiger partial charge in [0.05, 0.1) is 23.4 Å². The Balaban J connectivity index is 2.42. The summed E-state index contributed by atoms with van der Waals surface area (Å²) in [4.78, 5) is 11.7. The summed E-state index contributed by atoms with van der Waals surface area (Å²) >= 11 is 0. The SMILES string of the molecule is Cc1nn(C)c2c1C(=O)CCC2CC(F)(F)F. The van der Waals surface area contributed by atoms with Gasteiger partial charge in [0.25, 0.3) is 0 Å². The Kier molecular flexibility index (Phi) is 2.75. The van der Waals surface area contributed by atoms with E-state index in [0.717, 1.165) is 0 Å². The molecule has 1 aromatic rings. The number of hydrogen-bond donors (Lipinski definition) is 0. The fourth-order valence-corrected chi connectivity index (χ4v) is 2.53. The van der Waals surface area contributed by atoms with Crippen LogP contribution in [-0.4, -0.2) is 21.7 Å². The number of Topliss-reactive ketones (excluding diaryl/α,β-unsaturated/α-hetero) is 1. The predicted molar refractivity (Wildman–Crippen MR) is 54.9 cm³/mol. The van der Waals surface area contributed by atoms with E-state index in [1.54, 1.807) is 14.0 Å². The summed E-state index contributed by atoms with van der Waals surface area (Å²) in [7, 11) is 1.59. The monoisotopic (exact) mass is 246 g/mol. The maximum Gasteiger partial charge on any atom is 0.389 e. The molecular weight excluding hydrogens is 233 g/mol. The number of nitrogens with zero attached hydrogens (tertiary/aromatic N) is 2. The molecule has 1 aliphatic carbocycles. The molecular formula is C11H13F3N2O. The molecule has 0 saturated carbocycles. The first-order chi connectivity index (χ1) is 7.79. The first-order valence-corrected chi connectivity index (χ1v) is 5.43. The quantitative estimate of drug-likeness (QED) is 0.763. The molecule has 0 N–H and O–H groups in total. The Morgan fingerprint density at radius 1 is 1.47 bits per heavy atom. The number of alkyl halides is 3. The number of carbonyl (C=O) groups is 1. The summed E-state index contributed by atoms with van der Waals surface area (Å²) in [5, 5.41) is 4.05. The van der Waals surface area contributed by atoms with E-state index in [-0.39, 0.29) is 18.6 Å². The molecule has 0 fully saturated rings. The largest absolute Gasteiger partial charge is 0.389 e. The van der Waals surface area contributed by atoms with Crippen LogP contribution >= 0.6 is 0 Å². The first-order valence-electron chi connectivity index (χ1n) is 5.43. The second kappa shape index (κ2) is 3.85. The van der Waals surface area contributed by atoms with E-state index in [4.69, 9.17) is 0 Å². The molecule has 6 heteroatoms. The average molecular weight is 246 g/mol. The zero-order valence-electron chi connectivity index (χ0n) is 9.64. The van der Waals surface area contributed by atoms with Gasteiger partial charge in [-0.3, -0.25) is 9.48 Å². The first kappa shape index (κ1) is 12.1. The molecule has 17 heavy (non-hydrogen) atoms. The van der Waals surface area contributed by atoms with Gasteiger partial charge >= 0.3 is 6.18 Å². The average Bonchev–Trinajstić information content (AvgIpc) is 2.46. The van der Waals surface area contributed by atoms with Gasteiger partial charge in [-0.2, -0.15) is 18.3 Å². The van der Waals surface area contributed by atoms with Gasteiger partial charge in [0.2, 0.25) is 0 Å². The van der Waals surface area contributed by atoms with Crippen molar-refractivity contribution in [3.8, 4) is 0 Å². The van der Waals surface area contributed by atoms with Crippen LogP contribution in [0.1, 0.15) is 46.9 Å². The van der Waals surface area contributed by atoms with Crippen LogP contribution in [-0.2, 0) is 7.05 Å². The van der Waals surface area contributed by atoms with E-state index in [1.165, 1.54) is 4.68 Å². The lowest BCUT2D eigenvalue weighted by Crippen LogP contribution is -2.22. The number of carbonyl (C=O) groups excluding carboxylic acids is 1. The van der Waals surface area contributed by atoms with Crippen molar-refractivity contribution in [3.05, 3.63) is 17.0 Å². The zero-order valence-corrected chi connectivity index (χ0v) is 9.64. The zero-order chi connectivity index (χ0) is 12.8. The fraction of sp³-hybridized carbons (Fsp3) is 0.636. The number of aryl methyl sites for hydroxylation is 2. The van der Waals surface area contributed by atoms with E-state index in [0.29, 0.717) is 17.0 Å². The number of aromatic nitrogens is 2. The normalized spacial score (nSPS) is 20.5. The van der Waals surface area contributed by atoms with Gasteiger partial charge in [-0.05, 0) is 13.3 Å². The number of halogens is 3. The highest BCUT2D eigenvalue weighted by Crippen LogP contribution is 2.39. The molecule has 3 nitrogen and oxygen atoms in total. The highest BCUT2D eigenvalue weighted by Gasteiger charge is 2.38. The minimum Gasteiger partial charge on any atom is -0.294 e. The number of hydrogen-bond acceptors (Lipinski definition) is 2. The molecule has 1 aliphatic rings. The van der Waals surface area contributed by atoms with Crippen LogP contribution < -0.4 is 0 Å². The van der Waals surface area contributed by atoms with Crippen molar-refractivity contribution in [1.29, 1.82) is 0 Å². The van der Waals surface area contributed by atoms with Crippen LogP contribution in [0, 0.1) is 6.92 Å². The summed E-state index contributed by atoms with van der Waals surface area (Å²) in [6, 6.07) is 0. The lowest BCUT2D eigenvalue weighted by molar-refractivity contribution is -0.139. The van der Waals surface area contributed by atoms with E-state index in [9.17, 15) is 18.0 Å². The maximum absolute atomic E-state index is 12.5. The summed E-state index contributed by atoms with van der Waals surface area (Å²) in [6.45, 7) is 1.66. The molecule has 0 bridgehead atoms.